The molecule has 0 spiro atoms. The number of fused-ring (bicyclic) bond motifs is 1. The van der Waals surface area contributed by atoms with Crippen molar-refractivity contribution in [3.05, 3.63) is 59.2 Å². The Bertz CT molecular complexity index is 659. The highest BCUT2D eigenvalue weighted by Gasteiger charge is 2.32. The maximum atomic E-state index is 12.5. The van der Waals surface area contributed by atoms with Gasteiger partial charge in [-0.1, -0.05) is 44.2 Å². The average Bonchev–Trinajstić information content (AvgIpc) is 3.24. The summed E-state index contributed by atoms with van der Waals surface area (Å²) in [7, 11) is 0. The van der Waals surface area contributed by atoms with Crippen molar-refractivity contribution in [2.45, 2.75) is 25.9 Å². The zero-order chi connectivity index (χ0) is 14.3. The van der Waals surface area contributed by atoms with Gasteiger partial charge in [0.05, 0.1) is 0 Å². The Morgan fingerprint density at radius 3 is 2.45 bits per heavy atom. The van der Waals surface area contributed by atoms with E-state index in [4.69, 9.17) is 4.74 Å². The molecular weight excluding hydrogens is 252 g/mol. The van der Waals surface area contributed by atoms with Crippen molar-refractivity contribution in [3.63, 3.8) is 0 Å². The monoisotopic (exact) mass is 268 g/mol. The number of rotatable bonds is 4. The number of benzene rings is 2. The SMILES string of the molecule is CC(C)c1c(C(=O)C(O)c2ccccc2)ccc2c1O2. The Morgan fingerprint density at radius 1 is 1.10 bits per heavy atom. The molecule has 0 saturated carbocycles. The van der Waals surface area contributed by atoms with E-state index in [9.17, 15) is 9.90 Å². The molecule has 2 aromatic carbocycles. The van der Waals surface area contributed by atoms with Gasteiger partial charge in [-0.25, -0.2) is 0 Å². The van der Waals surface area contributed by atoms with Crippen LogP contribution in [0.2, 0.25) is 0 Å². The van der Waals surface area contributed by atoms with Gasteiger partial charge >= 0.3 is 0 Å². The van der Waals surface area contributed by atoms with Crippen LogP contribution in [0, 0.1) is 0 Å². The molecule has 0 amide bonds. The molecule has 1 heterocycles. The minimum absolute atomic E-state index is 0.175. The smallest absolute Gasteiger partial charge is 0.196 e. The van der Waals surface area contributed by atoms with E-state index in [1.165, 1.54) is 0 Å². The van der Waals surface area contributed by atoms with Crippen LogP contribution in [0.3, 0.4) is 0 Å². The van der Waals surface area contributed by atoms with Crippen LogP contribution in [0.15, 0.2) is 42.5 Å². The summed E-state index contributed by atoms with van der Waals surface area (Å²) in [5.74, 6) is 1.53. The largest absolute Gasteiger partial charge is 0.449 e. The second-order valence-electron chi connectivity index (χ2n) is 5.29. The highest BCUT2D eigenvalue weighted by molar-refractivity contribution is 6.02. The van der Waals surface area contributed by atoms with E-state index < -0.39 is 6.10 Å². The summed E-state index contributed by atoms with van der Waals surface area (Å²) in [5, 5.41) is 10.3. The molecule has 0 aromatic heterocycles. The molecule has 2 aromatic rings. The van der Waals surface area contributed by atoms with Crippen molar-refractivity contribution in [2.75, 3.05) is 0 Å². The molecule has 1 N–H and O–H groups in total. The lowest BCUT2D eigenvalue weighted by Crippen LogP contribution is -2.14. The average molecular weight is 268 g/mol. The van der Waals surface area contributed by atoms with E-state index in [0.29, 0.717) is 11.1 Å². The number of aliphatic hydroxyl groups excluding tert-OH is 1. The van der Waals surface area contributed by atoms with E-state index >= 15 is 0 Å². The molecule has 20 heavy (non-hydrogen) atoms. The third-order valence-electron chi connectivity index (χ3n) is 3.54. The van der Waals surface area contributed by atoms with Crippen molar-refractivity contribution in [2.24, 2.45) is 0 Å². The van der Waals surface area contributed by atoms with Crippen molar-refractivity contribution >= 4 is 5.78 Å². The second-order valence-corrected chi connectivity index (χ2v) is 5.29. The van der Waals surface area contributed by atoms with Crippen molar-refractivity contribution in [3.8, 4) is 11.5 Å². The van der Waals surface area contributed by atoms with Crippen LogP contribution >= 0.6 is 0 Å². The standard InChI is InChI=1S/C17H16O3/c1-10(2)14-12(8-9-13-17(14)20-13)16(19)15(18)11-6-4-3-5-7-11/h3-10,15,18H,1-2H3. The molecule has 0 aliphatic carbocycles. The summed E-state index contributed by atoms with van der Waals surface area (Å²) < 4.78 is 5.37. The Labute approximate surface area is 117 Å². The Morgan fingerprint density at radius 2 is 1.80 bits per heavy atom. The maximum absolute atomic E-state index is 12.5. The third-order valence-corrected chi connectivity index (χ3v) is 3.54. The number of ether oxygens (including phenoxy) is 1. The molecule has 3 rings (SSSR count). The first kappa shape index (κ1) is 12.9. The van der Waals surface area contributed by atoms with Gasteiger partial charge in [-0.3, -0.25) is 4.79 Å². The number of Topliss-reactive ketones (excluding diaryl/α,β-unsaturated/α-hetero) is 1. The van der Waals surface area contributed by atoms with Gasteiger partial charge in [-0.2, -0.15) is 0 Å². The van der Waals surface area contributed by atoms with Crippen LogP contribution in [-0.4, -0.2) is 10.9 Å². The molecule has 0 radical (unpaired) electrons. The summed E-state index contributed by atoms with van der Waals surface area (Å²) >= 11 is 0. The normalized spacial score (nSPS) is 13.6. The Hall–Kier alpha value is -2.13. The number of aliphatic hydroxyl groups is 1. The van der Waals surface area contributed by atoms with E-state index in [1.807, 2.05) is 32.0 Å². The number of carbonyl (C=O) groups is 1. The summed E-state index contributed by atoms with van der Waals surface area (Å²) in [5.41, 5.74) is 2.05. The van der Waals surface area contributed by atoms with Gasteiger partial charge in [0, 0.05) is 11.1 Å². The molecule has 0 saturated heterocycles. The quantitative estimate of drug-likeness (QED) is 0.578. The molecule has 102 valence electrons. The fourth-order valence-corrected chi connectivity index (χ4v) is 2.48. The summed E-state index contributed by atoms with van der Waals surface area (Å²) in [4.78, 5) is 12.5. The lowest BCUT2D eigenvalue weighted by molar-refractivity contribution is 0.0746. The second kappa shape index (κ2) is 4.76. The summed E-state index contributed by atoms with van der Waals surface area (Å²) in [6.45, 7) is 4.03. The number of ketones is 1. The first-order valence-corrected chi connectivity index (χ1v) is 6.71. The Kier molecular flexibility index (Phi) is 3.07. The van der Waals surface area contributed by atoms with Crippen molar-refractivity contribution in [1.29, 1.82) is 0 Å². The fourth-order valence-electron chi connectivity index (χ4n) is 2.48. The molecule has 0 bridgehead atoms. The van der Waals surface area contributed by atoms with Crippen molar-refractivity contribution < 1.29 is 14.6 Å². The third kappa shape index (κ3) is 2.10. The first-order chi connectivity index (χ1) is 9.59. The maximum Gasteiger partial charge on any atom is 0.196 e. The van der Waals surface area contributed by atoms with E-state index in [2.05, 4.69) is 0 Å². The van der Waals surface area contributed by atoms with Gasteiger partial charge in [0.1, 0.15) is 6.10 Å². The zero-order valence-electron chi connectivity index (χ0n) is 11.5. The lowest BCUT2D eigenvalue weighted by atomic mass is 9.91. The molecule has 1 aliphatic rings. The van der Waals surface area contributed by atoms with Gasteiger partial charge in [0.15, 0.2) is 17.3 Å². The number of hydrogen-bond acceptors (Lipinski definition) is 3. The van der Waals surface area contributed by atoms with Gasteiger partial charge in [-0.15, -0.1) is 0 Å². The van der Waals surface area contributed by atoms with E-state index in [-0.39, 0.29) is 11.7 Å². The summed E-state index contributed by atoms with van der Waals surface area (Å²) in [6.07, 6.45) is -1.13. The minimum Gasteiger partial charge on any atom is -0.449 e. The summed E-state index contributed by atoms with van der Waals surface area (Å²) in [6, 6.07) is 12.5. The van der Waals surface area contributed by atoms with Crippen molar-refractivity contribution in [1.82, 2.24) is 0 Å². The predicted molar refractivity (Wildman–Crippen MR) is 76.3 cm³/mol. The van der Waals surface area contributed by atoms with Gasteiger partial charge < -0.3 is 9.84 Å². The minimum atomic E-state index is -1.13. The molecule has 1 aliphatic heterocycles. The molecule has 3 nitrogen and oxygen atoms in total. The zero-order valence-corrected chi connectivity index (χ0v) is 11.5. The highest BCUT2D eigenvalue weighted by Crippen LogP contribution is 2.52. The van der Waals surface area contributed by atoms with Crippen LogP contribution < -0.4 is 4.74 Å². The number of carbonyl (C=O) groups excluding carboxylic acids is 1. The van der Waals surface area contributed by atoms with E-state index in [1.54, 1.807) is 24.3 Å². The highest BCUT2D eigenvalue weighted by atomic mass is 16.6. The molecule has 3 heteroatoms. The van der Waals surface area contributed by atoms with Gasteiger partial charge in [0.25, 0.3) is 0 Å². The van der Waals surface area contributed by atoms with Crippen LogP contribution in [0.5, 0.6) is 11.5 Å². The van der Waals surface area contributed by atoms with Crippen LogP contribution in [-0.2, 0) is 0 Å². The first-order valence-electron chi connectivity index (χ1n) is 6.71. The lowest BCUT2D eigenvalue weighted by Gasteiger charge is -2.14. The molecule has 1 unspecified atom stereocenters. The Balaban J connectivity index is 1.98. The van der Waals surface area contributed by atoms with Gasteiger partial charge in [-0.05, 0) is 23.6 Å². The predicted octanol–water partition coefficient (Wildman–Crippen LogP) is 3.83. The fraction of sp³-hybridized carbons (Fsp3) is 0.235. The van der Waals surface area contributed by atoms with Crippen LogP contribution in [0.1, 0.15) is 47.4 Å². The molecular formula is C17H16O3. The van der Waals surface area contributed by atoms with Crippen LogP contribution in [0.4, 0.5) is 0 Å². The van der Waals surface area contributed by atoms with E-state index in [0.717, 1.165) is 17.1 Å². The molecule has 0 fully saturated rings. The van der Waals surface area contributed by atoms with Gasteiger partial charge in [0.2, 0.25) is 0 Å². The van der Waals surface area contributed by atoms with Crippen LogP contribution in [0.25, 0.3) is 0 Å². The molecule has 1 atom stereocenters. The number of hydrogen-bond donors (Lipinski definition) is 1. The topological polar surface area (TPSA) is 49.8 Å².